The van der Waals surface area contributed by atoms with Crippen LogP contribution in [-0.4, -0.2) is 10.1 Å². The second-order valence-electron chi connectivity index (χ2n) is 4.31. The van der Waals surface area contributed by atoms with Crippen molar-refractivity contribution < 1.29 is 22.7 Å². The summed E-state index contributed by atoms with van der Waals surface area (Å²) >= 11 is 0. The van der Waals surface area contributed by atoms with Gasteiger partial charge in [-0.05, 0) is 23.8 Å². The van der Waals surface area contributed by atoms with Gasteiger partial charge in [0.2, 0.25) is 0 Å². The maximum absolute atomic E-state index is 13.4. The highest BCUT2D eigenvalue weighted by Crippen LogP contribution is 2.29. The molecule has 0 saturated carbocycles. The number of hydrogen-bond donors (Lipinski definition) is 1. The standard InChI is InChI=1S/C14H11F4NO/c15-12-8-19-6-5-11(12)13(20)7-9-1-3-10(4-2-9)14(16,17)18/h1-6,8,13,20H,7H2. The van der Waals surface area contributed by atoms with E-state index in [0.717, 1.165) is 18.3 Å². The molecule has 20 heavy (non-hydrogen) atoms. The Morgan fingerprint density at radius 3 is 2.30 bits per heavy atom. The number of halogens is 4. The van der Waals surface area contributed by atoms with Gasteiger partial charge in [0.15, 0.2) is 0 Å². The average Bonchev–Trinajstić information content (AvgIpc) is 2.38. The number of aromatic nitrogens is 1. The quantitative estimate of drug-likeness (QED) is 0.875. The summed E-state index contributed by atoms with van der Waals surface area (Å²) in [5.41, 5.74) is -0.201. The van der Waals surface area contributed by atoms with E-state index in [2.05, 4.69) is 4.98 Å². The molecule has 0 amide bonds. The molecule has 1 N–H and O–H groups in total. The van der Waals surface area contributed by atoms with Crippen LogP contribution in [0.25, 0.3) is 0 Å². The van der Waals surface area contributed by atoms with E-state index < -0.39 is 23.7 Å². The van der Waals surface area contributed by atoms with Crippen LogP contribution in [0.1, 0.15) is 22.8 Å². The Labute approximate surface area is 112 Å². The lowest BCUT2D eigenvalue weighted by atomic mass is 10.0. The van der Waals surface area contributed by atoms with E-state index in [4.69, 9.17) is 0 Å². The minimum absolute atomic E-state index is 0.0269. The van der Waals surface area contributed by atoms with Gasteiger partial charge >= 0.3 is 6.18 Å². The first-order valence-electron chi connectivity index (χ1n) is 5.81. The molecule has 2 aromatic rings. The van der Waals surface area contributed by atoms with Gasteiger partial charge in [0, 0.05) is 18.2 Å². The van der Waals surface area contributed by atoms with Crippen molar-refractivity contribution in [2.24, 2.45) is 0 Å². The Kier molecular flexibility index (Phi) is 4.04. The molecule has 0 aliphatic rings. The molecule has 0 aliphatic heterocycles. The van der Waals surface area contributed by atoms with E-state index in [9.17, 15) is 22.7 Å². The monoisotopic (exact) mass is 285 g/mol. The minimum atomic E-state index is -4.39. The molecular formula is C14H11F4NO. The molecule has 106 valence electrons. The molecule has 0 fully saturated rings. The van der Waals surface area contributed by atoms with Crippen molar-refractivity contribution in [2.75, 3.05) is 0 Å². The Hall–Kier alpha value is -1.95. The van der Waals surface area contributed by atoms with Crippen LogP contribution in [0.3, 0.4) is 0 Å². The Morgan fingerprint density at radius 1 is 1.10 bits per heavy atom. The van der Waals surface area contributed by atoms with Gasteiger partial charge < -0.3 is 5.11 Å². The highest BCUT2D eigenvalue weighted by atomic mass is 19.4. The van der Waals surface area contributed by atoms with Crippen LogP contribution < -0.4 is 0 Å². The topological polar surface area (TPSA) is 33.1 Å². The van der Waals surface area contributed by atoms with Crippen molar-refractivity contribution >= 4 is 0 Å². The molecule has 2 rings (SSSR count). The van der Waals surface area contributed by atoms with Crippen molar-refractivity contribution in [1.29, 1.82) is 0 Å². The molecule has 1 heterocycles. The SMILES string of the molecule is OC(Cc1ccc(C(F)(F)F)cc1)c1ccncc1F. The van der Waals surface area contributed by atoms with E-state index in [-0.39, 0.29) is 12.0 Å². The molecule has 1 atom stereocenters. The highest BCUT2D eigenvalue weighted by molar-refractivity contribution is 5.26. The van der Waals surface area contributed by atoms with Crippen molar-refractivity contribution in [1.82, 2.24) is 4.98 Å². The van der Waals surface area contributed by atoms with E-state index in [1.54, 1.807) is 0 Å². The number of hydrogen-bond acceptors (Lipinski definition) is 2. The first-order chi connectivity index (χ1) is 9.38. The predicted octanol–water partition coefficient (Wildman–Crippen LogP) is 3.52. The van der Waals surface area contributed by atoms with E-state index in [0.29, 0.717) is 5.56 Å². The number of nitrogens with zero attached hydrogens (tertiary/aromatic N) is 1. The number of rotatable bonds is 3. The largest absolute Gasteiger partial charge is 0.416 e. The molecular weight excluding hydrogens is 274 g/mol. The predicted molar refractivity (Wildman–Crippen MR) is 64.3 cm³/mol. The van der Waals surface area contributed by atoms with Crippen LogP contribution in [0.15, 0.2) is 42.7 Å². The normalized spacial score (nSPS) is 13.2. The van der Waals surface area contributed by atoms with Crippen molar-refractivity contribution in [2.45, 2.75) is 18.7 Å². The Bertz CT molecular complexity index is 580. The summed E-state index contributed by atoms with van der Waals surface area (Å²) in [5.74, 6) is -0.646. The number of aliphatic hydroxyl groups is 1. The van der Waals surface area contributed by atoms with Crippen LogP contribution in [0.5, 0.6) is 0 Å². The number of alkyl halides is 3. The molecule has 0 spiro atoms. The van der Waals surface area contributed by atoms with E-state index in [1.165, 1.54) is 24.4 Å². The summed E-state index contributed by atoms with van der Waals surface area (Å²) in [5, 5.41) is 9.89. The van der Waals surface area contributed by atoms with Gasteiger partial charge in [0.05, 0.1) is 17.9 Å². The van der Waals surface area contributed by atoms with Crippen LogP contribution in [0.2, 0.25) is 0 Å². The third-order valence-electron chi connectivity index (χ3n) is 2.87. The third-order valence-corrected chi connectivity index (χ3v) is 2.87. The first-order valence-corrected chi connectivity index (χ1v) is 5.81. The first kappa shape index (κ1) is 14.5. The molecule has 0 saturated heterocycles. The molecule has 1 aromatic carbocycles. The number of benzene rings is 1. The van der Waals surface area contributed by atoms with Crippen LogP contribution in [-0.2, 0) is 12.6 Å². The number of aliphatic hydroxyl groups excluding tert-OH is 1. The molecule has 0 aliphatic carbocycles. The zero-order valence-electron chi connectivity index (χ0n) is 10.2. The zero-order valence-corrected chi connectivity index (χ0v) is 10.2. The lowest BCUT2D eigenvalue weighted by molar-refractivity contribution is -0.137. The van der Waals surface area contributed by atoms with Crippen molar-refractivity contribution in [3.8, 4) is 0 Å². The van der Waals surface area contributed by atoms with Crippen LogP contribution >= 0.6 is 0 Å². The highest BCUT2D eigenvalue weighted by Gasteiger charge is 2.30. The fourth-order valence-electron chi connectivity index (χ4n) is 1.82. The zero-order chi connectivity index (χ0) is 14.8. The lowest BCUT2D eigenvalue weighted by Crippen LogP contribution is -2.07. The fraction of sp³-hybridized carbons (Fsp3) is 0.214. The summed E-state index contributed by atoms with van der Waals surface area (Å²) in [6, 6.07) is 5.75. The second-order valence-corrected chi connectivity index (χ2v) is 4.31. The van der Waals surface area contributed by atoms with Gasteiger partial charge in [-0.25, -0.2) is 4.39 Å². The number of pyridine rings is 1. The second kappa shape index (κ2) is 5.58. The van der Waals surface area contributed by atoms with Gasteiger partial charge in [-0.15, -0.1) is 0 Å². The molecule has 0 bridgehead atoms. The molecule has 1 aromatic heterocycles. The molecule has 2 nitrogen and oxygen atoms in total. The molecule has 6 heteroatoms. The summed E-state index contributed by atoms with van der Waals surface area (Å²) in [7, 11) is 0. The van der Waals surface area contributed by atoms with Crippen LogP contribution in [0.4, 0.5) is 17.6 Å². The van der Waals surface area contributed by atoms with Gasteiger partial charge in [-0.3, -0.25) is 4.98 Å². The minimum Gasteiger partial charge on any atom is -0.388 e. The van der Waals surface area contributed by atoms with Gasteiger partial charge in [-0.1, -0.05) is 12.1 Å². The van der Waals surface area contributed by atoms with Crippen molar-refractivity contribution in [3.05, 3.63) is 65.2 Å². The van der Waals surface area contributed by atoms with Gasteiger partial charge in [0.25, 0.3) is 0 Å². The van der Waals surface area contributed by atoms with E-state index >= 15 is 0 Å². The molecule has 0 radical (unpaired) electrons. The lowest BCUT2D eigenvalue weighted by Gasteiger charge is -2.12. The third kappa shape index (κ3) is 3.33. The van der Waals surface area contributed by atoms with Gasteiger partial charge in [-0.2, -0.15) is 13.2 Å². The summed E-state index contributed by atoms with van der Waals surface area (Å²) < 4.78 is 50.6. The van der Waals surface area contributed by atoms with Crippen molar-refractivity contribution in [3.63, 3.8) is 0 Å². The molecule has 1 unspecified atom stereocenters. The maximum Gasteiger partial charge on any atom is 0.416 e. The van der Waals surface area contributed by atoms with E-state index in [1.807, 2.05) is 0 Å². The summed E-state index contributed by atoms with van der Waals surface area (Å²) in [4.78, 5) is 3.56. The summed E-state index contributed by atoms with van der Waals surface area (Å²) in [6.07, 6.45) is -3.18. The Balaban J connectivity index is 2.13. The average molecular weight is 285 g/mol. The smallest absolute Gasteiger partial charge is 0.388 e. The Morgan fingerprint density at radius 2 is 1.75 bits per heavy atom. The van der Waals surface area contributed by atoms with Gasteiger partial charge in [0.1, 0.15) is 5.82 Å². The summed E-state index contributed by atoms with van der Waals surface area (Å²) in [6.45, 7) is 0. The fourth-order valence-corrected chi connectivity index (χ4v) is 1.82. The maximum atomic E-state index is 13.4. The van der Waals surface area contributed by atoms with Crippen LogP contribution in [0, 0.1) is 5.82 Å².